The van der Waals surface area contributed by atoms with Gasteiger partial charge in [-0.2, -0.15) is 16.3 Å². The van der Waals surface area contributed by atoms with Gasteiger partial charge in [-0.3, -0.25) is 4.79 Å². The number of methoxy groups -OCH3 is 2. The molecular weight excluding hydrogens is 466 g/mol. The Balaban J connectivity index is 1.56. The normalized spacial score (nSPS) is 15.7. The van der Waals surface area contributed by atoms with Gasteiger partial charge in [-0.05, 0) is 41.8 Å². The number of anilines is 3. The topological polar surface area (TPSA) is 128 Å². The molecule has 5 rings (SSSR count). The van der Waals surface area contributed by atoms with Crippen molar-refractivity contribution in [3.63, 3.8) is 0 Å². The molecule has 1 saturated heterocycles. The first-order valence-electron chi connectivity index (χ1n) is 11.0. The number of piperazine rings is 1. The van der Waals surface area contributed by atoms with E-state index < -0.39 is 6.04 Å². The third-order valence-corrected chi connectivity index (χ3v) is 6.51. The maximum Gasteiger partial charge on any atom is 0.248 e. The third kappa shape index (κ3) is 4.55. The van der Waals surface area contributed by atoms with Crippen molar-refractivity contribution in [3.8, 4) is 22.8 Å². The van der Waals surface area contributed by atoms with Crippen LogP contribution in [0.5, 0.6) is 11.5 Å². The van der Waals surface area contributed by atoms with Crippen molar-refractivity contribution in [1.82, 2.24) is 20.3 Å². The fourth-order valence-electron chi connectivity index (χ4n) is 4.13. The zero-order valence-corrected chi connectivity index (χ0v) is 20.1. The molecule has 35 heavy (non-hydrogen) atoms. The van der Waals surface area contributed by atoms with Crippen LogP contribution in [-0.4, -0.2) is 60.8 Å². The van der Waals surface area contributed by atoms with Crippen molar-refractivity contribution in [2.45, 2.75) is 6.04 Å². The van der Waals surface area contributed by atoms with Crippen LogP contribution in [0.3, 0.4) is 0 Å². The number of aromatic nitrogens is 3. The number of pyridine rings is 1. The van der Waals surface area contributed by atoms with Crippen molar-refractivity contribution in [3.05, 3.63) is 47.2 Å². The van der Waals surface area contributed by atoms with Gasteiger partial charge in [0.15, 0.2) is 17.3 Å². The SMILES string of the molecule is COc1ccc(-c2ccc3nc(N)nc(N4CCNCC4C(=O)Nc4ccsc4)c3n2)cc1OC. The van der Waals surface area contributed by atoms with Gasteiger partial charge in [-0.15, -0.1) is 0 Å². The zero-order valence-electron chi connectivity index (χ0n) is 19.3. The summed E-state index contributed by atoms with van der Waals surface area (Å²) in [6.07, 6.45) is 0. The molecule has 0 spiro atoms. The molecule has 1 atom stereocenters. The molecule has 4 heterocycles. The summed E-state index contributed by atoms with van der Waals surface area (Å²) in [5.74, 6) is 1.77. The van der Waals surface area contributed by atoms with Crippen molar-refractivity contribution in [1.29, 1.82) is 0 Å². The van der Waals surface area contributed by atoms with E-state index in [1.54, 1.807) is 14.2 Å². The number of nitrogen functional groups attached to an aromatic ring is 1. The molecule has 1 amide bonds. The number of rotatable bonds is 6. The summed E-state index contributed by atoms with van der Waals surface area (Å²) in [5, 5.41) is 10.1. The number of fused-ring (bicyclic) bond motifs is 1. The van der Waals surface area contributed by atoms with E-state index in [2.05, 4.69) is 20.6 Å². The Kier molecular flexibility index (Phi) is 6.34. The lowest BCUT2D eigenvalue weighted by atomic mass is 10.1. The molecule has 1 unspecified atom stereocenters. The van der Waals surface area contributed by atoms with Crippen LogP contribution < -0.4 is 30.7 Å². The molecule has 4 N–H and O–H groups in total. The van der Waals surface area contributed by atoms with Crippen LogP contribution in [0.1, 0.15) is 0 Å². The highest BCUT2D eigenvalue weighted by atomic mass is 32.1. The quantitative estimate of drug-likeness (QED) is 0.373. The van der Waals surface area contributed by atoms with Gasteiger partial charge in [0.25, 0.3) is 0 Å². The number of hydrogen-bond donors (Lipinski definition) is 3. The molecule has 0 saturated carbocycles. The summed E-state index contributed by atoms with van der Waals surface area (Å²) >= 11 is 1.53. The van der Waals surface area contributed by atoms with Gasteiger partial charge >= 0.3 is 0 Å². The lowest BCUT2D eigenvalue weighted by Crippen LogP contribution is -2.57. The minimum Gasteiger partial charge on any atom is -0.493 e. The second-order valence-electron chi connectivity index (χ2n) is 7.95. The number of nitrogens with one attached hydrogen (secondary N) is 2. The van der Waals surface area contributed by atoms with Crippen LogP contribution >= 0.6 is 11.3 Å². The number of nitrogens with two attached hydrogens (primary N) is 1. The Hall–Kier alpha value is -3.96. The van der Waals surface area contributed by atoms with Crippen LogP contribution in [-0.2, 0) is 4.79 Å². The van der Waals surface area contributed by atoms with Gasteiger partial charge in [0, 0.05) is 30.6 Å². The Morgan fingerprint density at radius 2 is 2.00 bits per heavy atom. The van der Waals surface area contributed by atoms with Gasteiger partial charge in [-0.1, -0.05) is 0 Å². The van der Waals surface area contributed by atoms with Crippen LogP contribution in [0.15, 0.2) is 47.2 Å². The summed E-state index contributed by atoms with van der Waals surface area (Å²) in [7, 11) is 3.19. The van der Waals surface area contributed by atoms with Gasteiger partial charge in [-0.25, -0.2) is 9.97 Å². The fourth-order valence-corrected chi connectivity index (χ4v) is 4.71. The molecule has 3 aromatic heterocycles. The fraction of sp³-hybridized carbons (Fsp3) is 0.250. The highest BCUT2D eigenvalue weighted by molar-refractivity contribution is 7.08. The van der Waals surface area contributed by atoms with Crippen LogP contribution in [0.25, 0.3) is 22.3 Å². The van der Waals surface area contributed by atoms with Gasteiger partial charge in [0.1, 0.15) is 11.6 Å². The average Bonchev–Trinajstić information content (AvgIpc) is 3.40. The van der Waals surface area contributed by atoms with E-state index >= 15 is 0 Å². The Labute approximate surface area is 206 Å². The molecule has 0 radical (unpaired) electrons. The number of ether oxygens (including phenoxy) is 2. The smallest absolute Gasteiger partial charge is 0.248 e. The standard InChI is InChI=1S/C24H25N7O3S/c1-33-19-6-3-14(11-20(19)34-2)16-4-5-17-21(28-16)22(30-24(25)29-17)31-9-8-26-12-18(31)23(32)27-15-7-10-35-13-15/h3-7,10-11,13,18,26H,8-9,12H2,1-2H3,(H,27,32)(H2,25,29,30). The minimum atomic E-state index is -0.493. The van der Waals surface area contributed by atoms with E-state index in [0.29, 0.717) is 53.7 Å². The molecule has 180 valence electrons. The number of carbonyl (C=O) groups is 1. The predicted octanol–water partition coefficient (Wildman–Crippen LogP) is 2.77. The van der Waals surface area contributed by atoms with Crippen molar-refractivity contribution in [2.24, 2.45) is 0 Å². The number of benzene rings is 1. The number of nitrogens with zero attached hydrogens (tertiary/aromatic N) is 4. The lowest BCUT2D eigenvalue weighted by molar-refractivity contribution is -0.117. The Morgan fingerprint density at radius 3 is 2.77 bits per heavy atom. The molecule has 11 heteroatoms. The zero-order chi connectivity index (χ0) is 24.4. The van der Waals surface area contributed by atoms with E-state index in [1.807, 2.05) is 52.1 Å². The number of thiophene rings is 1. The molecule has 1 fully saturated rings. The Morgan fingerprint density at radius 1 is 1.14 bits per heavy atom. The Bertz CT molecular complexity index is 1360. The molecule has 1 aliphatic rings. The number of carbonyl (C=O) groups excluding carboxylic acids is 1. The summed E-state index contributed by atoms with van der Waals surface area (Å²) in [4.78, 5) is 28.9. The van der Waals surface area contributed by atoms with Gasteiger partial charge in [0.2, 0.25) is 11.9 Å². The van der Waals surface area contributed by atoms with Gasteiger partial charge < -0.3 is 30.7 Å². The lowest BCUT2D eigenvalue weighted by Gasteiger charge is -2.36. The molecule has 1 aromatic carbocycles. The molecule has 0 bridgehead atoms. The summed E-state index contributed by atoms with van der Waals surface area (Å²) in [6.45, 7) is 1.73. The monoisotopic (exact) mass is 491 g/mol. The maximum atomic E-state index is 13.2. The van der Waals surface area contributed by atoms with Crippen molar-refractivity contribution in [2.75, 3.05) is 49.8 Å². The van der Waals surface area contributed by atoms with E-state index in [1.165, 1.54) is 11.3 Å². The number of hydrogen-bond acceptors (Lipinski definition) is 10. The predicted molar refractivity (Wildman–Crippen MR) is 137 cm³/mol. The minimum absolute atomic E-state index is 0.128. The van der Waals surface area contributed by atoms with E-state index in [9.17, 15) is 4.79 Å². The first kappa shape index (κ1) is 22.8. The van der Waals surface area contributed by atoms with Crippen LogP contribution in [0, 0.1) is 0 Å². The molecule has 4 aromatic rings. The summed E-state index contributed by atoms with van der Waals surface area (Å²) in [5.41, 5.74) is 9.56. The van der Waals surface area contributed by atoms with Crippen molar-refractivity contribution < 1.29 is 14.3 Å². The maximum absolute atomic E-state index is 13.2. The highest BCUT2D eigenvalue weighted by Crippen LogP contribution is 2.33. The number of amides is 1. The first-order chi connectivity index (χ1) is 17.1. The second-order valence-corrected chi connectivity index (χ2v) is 8.73. The molecule has 0 aliphatic carbocycles. The summed E-state index contributed by atoms with van der Waals surface area (Å²) < 4.78 is 10.8. The van der Waals surface area contributed by atoms with Crippen molar-refractivity contribution >= 4 is 45.7 Å². The van der Waals surface area contributed by atoms with E-state index in [4.69, 9.17) is 20.2 Å². The second kappa shape index (κ2) is 9.72. The highest BCUT2D eigenvalue weighted by Gasteiger charge is 2.32. The molecule has 1 aliphatic heterocycles. The largest absolute Gasteiger partial charge is 0.493 e. The average molecular weight is 492 g/mol. The van der Waals surface area contributed by atoms with E-state index in [-0.39, 0.29) is 11.9 Å². The molecule has 10 nitrogen and oxygen atoms in total. The van der Waals surface area contributed by atoms with Gasteiger partial charge in [0.05, 0.1) is 31.1 Å². The van der Waals surface area contributed by atoms with Crippen LogP contribution in [0.2, 0.25) is 0 Å². The summed E-state index contributed by atoms with van der Waals surface area (Å²) in [6, 6.07) is 10.7. The molecular formula is C24H25N7O3S. The first-order valence-corrected chi connectivity index (χ1v) is 12.0. The van der Waals surface area contributed by atoms with E-state index in [0.717, 1.165) is 11.3 Å². The third-order valence-electron chi connectivity index (χ3n) is 5.83. The van der Waals surface area contributed by atoms with Crippen LogP contribution in [0.4, 0.5) is 17.5 Å².